The van der Waals surface area contributed by atoms with E-state index in [0.29, 0.717) is 19.5 Å². The maximum absolute atomic E-state index is 11.9. The molecule has 0 saturated heterocycles. The second kappa shape index (κ2) is 6.66. The Hall–Kier alpha value is -2.20. The van der Waals surface area contributed by atoms with Gasteiger partial charge in [0.1, 0.15) is 0 Å². The summed E-state index contributed by atoms with van der Waals surface area (Å²) in [5, 5.41) is 2.88. The Morgan fingerprint density at radius 3 is 2.63 bits per heavy atom. The largest absolute Gasteiger partial charge is 0.352 e. The molecule has 0 radical (unpaired) electrons. The van der Waals surface area contributed by atoms with Gasteiger partial charge >= 0.3 is 0 Å². The minimum Gasteiger partial charge on any atom is -0.352 e. The van der Waals surface area contributed by atoms with E-state index in [-0.39, 0.29) is 5.91 Å². The van der Waals surface area contributed by atoms with E-state index in [1.165, 1.54) is 0 Å². The minimum atomic E-state index is -0.00949. The number of hydrogen-bond acceptors (Lipinski definition) is 3. The number of hydrogen-bond donors (Lipinski definition) is 2. The molecule has 3 N–H and O–H groups in total. The van der Waals surface area contributed by atoms with Gasteiger partial charge in [0.05, 0.1) is 6.42 Å². The van der Waals surface area contributed by atoms with Gasteiger partial charge in [-0.05, 0) is 22.8 Å². The molecule has 4 heteroatoms. The van der Waals surface area contributed by atoms with Crippen LogP contribution in [0, 0.1) is 0 Å². The van der Waals surface area contributed by atoms with Crippen molar-refractivity contribution in [2.75, 3.05) is 0 Å². The third-order valence-corrected chi connectivity index (χ3v) is 2.90. The van der Waals surface area contributed by atoms with Crippen LogP contribution in [-0.4, -0.2) is 10.9 Å². The van der Waals surface area contributed by atoms with Gasteiger partial charge in [0.25, 0.3) is 0 Å². The lowest BCUT2D eigenvalue weighted by Crippen LogP contribution is -2.25. The van der Waals surface area contributed by atoms with Gasteiger partial charge in [-0.15, -0.1) is 0 Å². The highest BCUT2D eigenvalue weighted by atomic mass is 16.1. The summed E-state index contributed by atoms with van der Waals surface area (Å²) in [6, 6.07) is 11.5. The van der Waals surface area contributed by atoms with Crippen molar-refractivity contribution in [1.82, 2.24) is 10.3 Å². The molecule has 1 aromatic heterocycles. The van der Waals surface area contributed by atoms with E-state index >= 15 is 0 Å². The van der Waals surface area contributed by atoms with Crippen LogP contribution >= 0.6 is 0 Å². The van der Waals surface area contributed by atoms with E-state index in [1.54, 1.807) is 12.4 Å². The van der Waals surface area contributed by atoms with Crippen LogP contribution in [0.1, 0.15) is 16.7 Å². The second-order valence-corrected chi connectivity index (χ2v) is 4.29. The van der Waals surface area contributed by atoms with Gasteiger partial charge in [0, 0.05) is 25.5 Å². The van der Waals surface area contributed by atoms with Crippen LogP contribution in [0.3, 0.4) is 0 Å². The zero-order chi connectivity index (χ0) is 13.5. The van der Waals surface area contributed by atoms with Crippen LogP contribution in [0.15, 0.2) is 48.8 Å². The Morgan fingerprint density at radius 1 is 1.16 bits per heavy atom. The zero-order valence-electron chi connectivity index (χ0n) is 10.7. The van der Waals surface area contributed by atoms with Crippen molar-refractivity contribution in [3.63, 3.8) is 0 Å². The molecule has 1 aromatic carbocycles. The average Bonchev–Trinajstić information content (AvgIpc) is 2.47. The van der Waals surface area contributed by atoms with Gasteiger partial charge < -0.3 is 11.1 Å². The first-order chi connectivity index (χ1) is 9.29. The normalized spacial score (nSPS) is 10.2. The third kappa shape index (κ3) is 3.89. The van der Waals surface area contributed by atoms with Gasteiger partial charge in [-0.2, -0.15) is 0 Å². The van der Waals surface area contributed by atoms with Crippen molar-refractivity contribution < 1.29 is 4.79 Å². The summed E-state index contributed by atoms with van der Waals surface area (Å²) in [4.78, 5) is 15.9. The van der Waals surface area contributed by atoms with Crippen LogP contribution in [0.25, 0.3) is 0 Å². The summed E-state index contributed by atoms with van der Waals surface area (Å²) in [6.07, 6.45) is 3.81. The van der Waals surface area contributed by atoms with Crippen molar-refractivity contribution in [3.8, 4) is 0 Å². The Bertz CT molecular complexity index is 540. The number of amides is 1. The fourth-order valence-corrected chi connectivity index (χ4v) is 1.87. The standard InChI is InChI=1S/C15H17N3O/c16-9-14-6-2-1-5-13(14)8-15(19)18-11-12-4-3-7-17-10-12/h1-7,10H,8-9,11,16H2,(H,18,19). The number of aromatic nitrogens is 1. The number of pyridine rings is 1. The third-order valence-electron chi connectivity index (χ3n) is 2.90. The molecule has 0 atom stereocenters. The molecular weight excluding hydrogens is 238 g/mol. The van der Waals surface area contributed by atoms with Crippen LogP contribution in [-0.2, 0) is 24.3 Å². The topological polar surface area (TPSA) is 68.0 Å². The summed E-state index contributed by atoms with van der Waals surface area (Å²) in [7, 11) is 0. The molecule has 1 amide bonds. The molecule has 0 spiro atoms. The molecule has 0 saturated carbocycles. The molecular formula is C15H17N3O. The Balaban J connectivity index is 1.91. The van der Waals surface area contributed by atoms with Crippen LogP contribution in [0.5, 0.6) is 0 Å². The van der Waals surface area contributed by atoms with Crippen molar-refractivity contribution in [3.05, 3.63) is 65.5 Å². The number of benzene rings is 1. The van der Waals surface area contributed by atoms with Crippen LogP contribution in [0.4, 0.5) is 0 Å². The number of nitrogens with two attached hydrogens (primary N) is 1. The van der Waals surface area contributed by atoms with Crippen molar-refractivity contribution in [1.29, 1.82) is 0 Å². The molecule has 0 bridgehead atoms. The van der Waals surface area contributed by atoms with E-state index in [2.05, 4.69) is 10.3 Å². The highest BCUT2D eigenvalue weighted by molar-refractivity contribution is 5.78. The molecule has 98 valence electrons. The number of carbonyl (C=O) groups excluding carboxylic acids is 1. The first kappa shape index (κ1) is 13.2. The SMILES string of the molecule is NCc1ccccc1CC(=O)NCc1cccnc1. The lowest BCUT2D eigenvalue weighted by atomic mass is 10.0. The molecule has 0 aliphatic carbocycles. The second-order valence-electron chi connectivity index (χ2n) is 4.29. The molecule has 0 fully saturated rings. The number of rotatable bonds is 5. The Kier molecular flexibility index (Phi) is 4.64. The molecule has 0 aliphatic rings. The van der Waals surface area contributed by atoms with Crippen molar-refractivity contribution in [2.24, 2.45) is 5.73 Å². The fraction of sp³-hybridized carbons (Fsp3) is 0.200. The van der Waals surface area contributed by atoms with Crippen LogP contribution in [0.2, 0.25) is 0 Å². The van der Waals surface area contributed by atoms with E-state index in [4.69, 9.17) is 5.73 Å². The van der Waals surface area contributed by atoms with Gasteiger partial charge in [0.2, 0.25) is 5.91 Å². The number of carbonyl (C=O) groups is 1. The molecule has 0 unspecified atom stereocenters. The smallest absolute Gasteiger partial charge is 0.224 e. The Labute approximate surface area is 112 Å². The molecule has 4 nitrogen and oxygen atoms in total. The summed E-state index contributed by atoms with van der Waals surface area (Å²) in [6.45, 7) is 0.948. The highest BCUT2D eigenvalue weighted by Gasteiger charge is 2.06. The molecule has 2 rings (SSSR count). The predicted octanol–water partition coefficient (Wildman–Crippen LogP) is 1.40. The zero-order valence-corrected chi connectivity index (χ0v) is 10.7. The number of nitrogens with zero attached hydrogens (tertiary/aromatic N) is 1. The van der Waals surface area contributed by atoms with E-state index < -0.39 is 0 Å². The molecule has 0 aliphatic heterocycles. The highest BCUT2D eigenvalue weighted by Crippen LogP contribution is 2.08. The van der Waals surface area contributed by atoms with Gasteiger partial charge in [-0.1, -0.05) is 30.3 Å². The van der Waals surface area contributed by atoms with Gasteiger partial charge in [0.15, 0.2) is 0 Å². The molecule has 19 heavy (non-hydrogen) atoms. The summed E-state index contributed by atoms with van der Waals surface area (Å²) >= 11 is 0. The Morgan fingerprint density at radius 2 is 1.95 bits per heavy atom. The van der Waals surface area contributed by atoms with E-state index in [0.717, 1.165) is 16.7 Å². The minimum absolute atomic E-state index is 0.00949. The van der Waals surface area contributed by atoms with Gasteiger partial charge in [-0.3, -0.25) is 9.78 Å². The lowest BCUT2D eigenvalue weighted by molar-refractivity contribution is -0.120. The van der Waals surface area contributed by atoms with Crippen LogP contribution < -0.4 is 11.1 Å². The molecule has 1 heterocycles. The summed E-state index contributed by atoms with van der Waals surface area (Å²) < 4.78 is 0. The van der Waals surface area contributed by atoms with E-state index in [9.17, 15) is 4.79 Å². The lowest BCUT2D eigenvalue weighted by Gasteiger charge is -2.08. The van der Waals surface area contributed by atoms with Crippen molar-refractivity contribution >= 4 is 5.91 Å². The van der Waals surface area contributed by atoms with Gasteiger partial charge in [-0.25, -0.2) is 0 Å². The average molecular weight is 255 g/mol. The first-order valence-corrected chi connectivity index (χ1v) is 6.22. The summed E-state index contributed by atoms with van der Waals surface area (Å²) in [5.74, 6) is -0.00949. The monoisotopic (exact) mass is 255 g/mol. The number of nitrogens with one attached hydrogen (secondary N) is 1. The maximum atomic E-state index is 11.9. The first-order valence-electron chi connectivity index (χ1n) is 6.22. The fourth-order valence-electron chi connectivity index (χ4n) is 1.87. The van der Waals surface area contributed by atoms with Crippen molar-refractivity contribution in [2.45, 2.75) is 19.5 Å². The van der Waals surface area contributed by atoms with E-state index in [1.807, 2.05) is 36.4 Å². The quantitative estimate of drug-likeness (QED) is 0.848. The maximum Gasteiger partial charge on any atom is 0.224 e. The predicted molar refractivity (Wildman–Crippen MR) is 74.1 cm³/mol. The molecule has 2 aromatic rings. The summed E-state index contributed by atoms with van der Waals surface area (Å²) in [5.41, 5.74) is 8.63.